The van der Waals surface area contributed by atoms with Gasteiger partial charge in [-0.2, -0.15) is 0 Å². The molecule has 4 rings (SSSR count). The van der Waals surface area contributed by atoms with Crippen LogP contribution >= 0.6 is 0 Å². The monoisotopic (exact) mass is 358 g/mol. The van der Waals surface area contributed by atoms with Gasteiger partial charge >= 0.3 is 0 Å². The number of hydrogen-bond acceptors (Lipinski definition) is 6. The van der Waals surface area contributed by atoms with Crippen LogP contribution in [-0.2, 0) is 16.3 Å². The van der Waals surface area contributed by atoms with Crippen LogP contribution in [-0.4, -0.2) is 49.0 Å². The van der Waals surface area contributed by atoms with Gasteiger partial charge in [0.15, 0.2) is 9.84 Å². The molecule has 0 saturated carbocycles. The molecule has 1 aromatic carbocycles. The molecule has 2 aliphatic heterocycles. The lowest BCUT2D eigenvalue weighted by atomic mass is 10.1. The summed E-state index contributed by atoms with van der Waals surface area (Å²) in [5, 5.41) is 0. The third kappa shape index (κ3) is 2.97. The van der Waals surface area contributed by atoms with Gasteiger partial charge in [-0.3, -0.25) is 0 Å². The summed E-state index contributed by atoms with van der Waals surface area (Å²) < 4.78 is 23.5. The second-order valence-corrected chi connectivity index (χ2v) is 9.18. The maximum Gasteiger partial charge on any atom is 0.152 e. The standard InChI is InChI=1S/C18H22N4O2S/c1-13-9-14-5-3-4-6-16(14)22(13)18-10-17(19-12-20-18)21(2)15-7-8-25(23,24)11-15/h3-6,10,12-13,15H,7-9,11H2,1-2H3. The molecule has 1 saturated heterocycles. The normalized spacial score (nSPS) is 24.3. The molecule has 25 heavy (non-hydrogen) atoms. The molecule has 0 radical (unpaired) electrons. The summed E-state index contributed by atoms with van der Waals surface area (Å²) in [6.07, 6.45) is 3.21. The Hall–Kier alpha value is -2.15. The number of benzene rings is 1. The first-order valence-electron chi connectivity index (χ1n) is 8.57. The minimum absolute atomic E-state index is 0.0176. The predicted octanol–water partition coefficient (Wildman–Crippen LogP) is 2.18. The molecule has 1 fully saturated rings. The molecule has 0 aliphatic carbocycles. The molecule has 0 amide bonds. The van der Waals surface area contributed by atoms with E-state index in [0.29, 0.717) is 12.5 Å². The van der Waals surface area contributed by atoms with Crippen molar-refractivity contribution in [2.45, 2.75) is 31.8 Å². The average Bonchev–Trinajstić information content (AvgIpc) is 3.12. The quantitative estimate of drug-likeness (QED) is 0.838. The molecule has 2 unspecified atom stereocenters. The molecule has 1 aromatic heterocycles. The third-order valence-corrected chi connectivity index (χ3v) is 6.96. The lowest BCUT2D eigenvalue weighted by Crippen LogP contribution is -2.33. The zero-order valence-corrected chi connectivity index (χ0v) is 15.3. The molecule has 0 N–H and O–H groups in total. The van der Waals surface area contributed by atoms with Crippen molar-refractivity contribution < 1.29 is 8.42 Å². The maximum absolute atomic E-state index is 11.8. The first-order chi connectivity index (χ1) is 11.9. The Morgan fingerprint density at radius 3 is 2.80 bits per heavy atom. The average molecular weight is 358 g/mol. The SMILES string of the molecule is CC1Cc2ccccc2N1c1cc(N(C)C2CCS(=O)(=O)C2)ncn1. The van der Waals surface area contributed by atoms with Gasteiger partial charge in [0.05, 0.1) is 11.5 Å². The Balaban J connectivity index is 1.64. The van der Waals surface area contributed by atoms with E-state index in [1.54, 1.807) is 6.33 Å². The molecule has 2 aliphatic rings. The summed E-state index contributed by atoms with van der Waals surface area (Å²) >= 11 is 0. The number of nitrogens with zero attached hydrogens (tertiary/aromatic N) is 4. The Bertz CT molecular complexity index is 899. The highest BCUT2D eigenvalue weighted by atomic mass is 32.2. The van der Waals surface area contributed by atoms with Crippen molar-refractivity contribution in [3.8, 4) is 0 Å². The van der Waals surface area contributed by atoms with Crippen LogP contribution in [0.5, 0.6) is 0 Å². The van der Waals surface area contributed by atoms with Gasteiger partial charge in [0, 0.05) is 30.9 Å². The minimum atomic E-state index is -2.92. The highest BCUT2D eigenvalue weighted by molar-refractivity contribution is 7.91. The second kappa shape index (κ2) is 5.98. The Morgan fingerprint density at radius 1 is 1.24 bits per heavy atom. The van der Waals surface area contributed by atoms with E-state index in [4.69, 9.17) is 0 Å². The van der Waals surface area contributed by atoms with E-state index in [-0.39, 0.29) is 17.5 Å². The van der Waals surface area contributed by atoms with Crippen molar-refractivity contribution in [1.29, 1.82) is 0 Å². The molecule has 6 nitrogen and oxygen atoms in total. The lowest BCUT2D eigenvalue weighted by molar-refractivity contribution is 0.600. The van der Waals surface area contributed by atoms with E-state index in [0.717, 1.165) is 18.1 Å². The fourth-order valence-corrected chi connectivity index (χ4v) is 5.62. The molecular formula is C18H22N4O2S. The molecule has 0 spiro atoms. The molecule has 132 valence electrons. The Labute approximate surface area is 148 Å². The highest BCUT2D eigenvalue weighted by Crippen LogP contribution is 2.37. The van der Waals surface area contributed by atoms with Crippen molar-refractivity contribution in [1.82, 2.24) is 9.97 Å². The fraction of sp³-hybridized carbons (Fsp3) is 0.444. The van der Waals surface area contributed by atoms with E-state index in [2.05, 4.69) is 40.0 Å². The lowest BCUT2D eigenvalue weighted by Gasteiger charge is -2.27. The van der Waals surface area contributed by atoms with Crippen LogP contribution in [0.2, 0.25) is 0 Å². The van der Waals surface area contributed by atoms with Gasteiger partial charge in [-0.05, 0) is 31.4 Å². The number of sulfone groups is 1. The molecule has 2 atom stereocenters. The first kappa shape index (κ1) is 16.3. The van der Waals surface area contributed by atoms with Crippen molar-refractivity contribution in [2.24, 2.45) is 0 Å². The van der Waals surface area contributed by atoms with Crippen LogP contribution in [0.3, 0.4) is 0 Å². The predicted molar refractivity (Wildman–Crippen MR) is 99.2 cm³/mol. The van der Waals surface area contributed by atoms with E-state index in [1.165, 1.54) is 11.3 Å². The Morgan fingerprint density at radius 2 is 2.04 bits per heavy atom. The summed E-state index contributed by atoms with van der Waals surface area (Å²) in [4.78, 5) is 13.1. The van der Waals surface area contributed by atoms with Gasteiger partial charge in [-0.15, -0.1) is 0 Å². The molecule has 2 aromatic rings. The topological polar surface area (TPSA) is 66.4 Å². The van der Waals surface area contributed by atoms with Crippen molar-refractivity contribution in [2.75, 3.05) is 28.4 Å². The van der Waals surface area contributed by atoms with Crippen molar-refractivity contribution >= 4 is 27.2 Å². The van der Waals surface area contributed by atoms with Crippen LogP contribution in [0.25, 0.3) is 0 Å². The number of para-hydroxylation sites is 1. The van der Waals surface area contributed by atoms with E-state index in [9.17, 15) is 8.42 Å². The fourth-order valence-electron chi connectivity index (χ4n) is 3.84. The minimum Gasteiger partial charge on any atom is -0.355 e. The number of hydrogen-bond donors (Lipinski definition) is 0. The van der Waals surface area contributed by atoms with Crippen LogP contribution in [0.15, 0.2) is 36.7 Å². The summed E-state index contributed by atoms with van der Waals surface area (Å²) in [6.45, 7) is 2.19. The van der Waals surface area contributed by atoms with Gasteiger partial charge in [-0.25, -0.2) is 18.4 Å². The van der Waals surface area contributed by atoms with Crippen LogP contribution in [0, 0.1) is 0 Å². The number of anilines is 3. The van der Waals surface area contributed by atoms with Gasteiger partial charge in [0.2, 0.25) is 0 Å². The van der Waals surface area contributed by atoms with Crippen molar-refractivity contribution in [3.05, 3.63) is 42.2 Å². The van der Waals surface area contributed by atoms with E-state index in [1.807, 2.05) is 24.1 Å². The van der Waals surface area contributed by atoms with Crippen LogP contribution in [0.1, 0.15) is 18.9 Å². The summed E-state index contributed by atoms with van der Waals surface area (Å²) in [5.41, 5.74) is 2.51. The highest BCUT2D eigenvalue weighted by Gasteiger charge is 2.32. The zero-order valence-electron chi connectivity index (χ0n) is 14.5. The second-order valence-electron chi connectivity index (χ2n) is 6.95. The summed E-state index contributed by atoms with van der Waals surface area (Å²) in [7, 11) is -1.00. The molecular weight excluding hydrogens is 336 g/mol. The summed E-state index contributed by atoms with van der Waals surface area (Å²) in [6, 6.07) is 10.7. The molecule has 3 heterocycles. The molecule has 7 heteroatoms. The number of aromatic nitrogens is 2. The van der Waals surface area contributed by atoms with Gasteiger partial charge < -0.3 is 9.80 Å². The van der Waals surface area contributed by atoms with Crippen LogP contribution < -0.4 is 9.80 Å². The number of fused-ring (bicyclic) bond motifs is 1. The first-order valence-corrected chi connectivity index (χ1v) is 10.4. The van der Waals surface area contributed by atoms with E-state index < -0.39 is 9.84 Å². The third-order valence-electron chi connectivity index (χ3n) is 5.21. The molecule has 0 bridgehead atoms. The summed E-state index contributed by atoms with van der Waals surface area (Å²) in [5.74, 6) is 2.08. The maximum atomic E-state index is 11.8. The largest absolute Gasteiger partial charge is 0.355 e. The Kier molecular flexibility index (Phi) is 3.91. The van der Waals surface area contributed by atoms with Gasteiger partial charge in [0.1, 0.15) is 18.0 Å². The smallest absolute Gasteiger partial charge is 0.152 e. The van der Waals surface area contributed by atoms with Gasteiger partial charge in [0.25, 0.3) is 0 Å². The van der Waals surface area contributed by atoms with Gasteiger partial charge in [-0.1, -0.05) is 18.2 Å². The zero-order chi connectivity index (χ0) is 17.6. The number of rotatable bonds is 3. The van der Waals surface area contributed by atoms with Crippen molar-refractivity contribution in [3.63, 3.8) is 0 Å². The van der Waals surface area contributed by atoms with E-state index >= 15 is 0 Å². The van der Waals surface area contributed by atoms with Crippen LogP contribution in [0.4, 0.5) is 17.3 Å².